The predicted octanol–water partition coefficient (Wildman–Crippen LogP) is 4.61. The lowest BCUT2D eigenvalue weighted by Gasteiger charge is -2.14. The number of ether oxygens (including phenoxy) is 1. The number of hydrogen-bond donors (Lipinski definition) is 1. The van der Waals surface area contributed by atoms with E-state index in [9.17, 15) is 4.79 Å². The minimum Gasteiger partial charge on any atom is -0.497 e. The number of thiophene rings is 1. The van der Waals surface area contributed by atoms with Crippen LogP contribution in [0.25, 0.3) is 20.5 Å². The molecule has 0 atom stereocenters. The zero-order valence-electron chi connectivity index (χ0n) is 14.8. The van der Waals surface area contributed by atoms with E-state index >= 15 is 0 Å². The summed E-state index contributed by atoms with van der Waals surface area (Å²) in [6.45, 7) is 2.55. The minimum absolute atomic E-state index is 0.0635. The molecule has 1 fully saturated rings. The van der Waals surface area contributed by atoms with Gasteiger partial charge in [-0.2, -0.15) is 0 Å². The van der Waals surface area contributed by atoms with Crippen molar-refractivity contribution in [2.75, 3.05) is 32.1 Å². The van der Waals surface area contributed by atoms with Crippen LogP contribution in [0, 0.1) is 0 Å². The van der Waals surface area contributed by atoms with E-state index in [1.807, 2.05) is 18.2 Å². The second kappa shape index (κ2) is 7.48. The number of anilines is 1. The van der Waals surface area contributed by atoms with E-state index in [0.717, 1.165) is 30.1 Å². The van der Waals surface area contributed by atoms with Crippen LogP contribution in [-0.4, -0.2) is 37.6 Å². The predicted molar refractivity (Wildman–Crippen MR) is 108 cm³/mol. The van der Waals surface area contributed by atoms with E-state index in [2.05, 4.69) is 40.5 Å². The Balaban J connectivity index is 1.46. The number of carbonyl (C=O) groups is 1. The molecule has 2 heterocycles. The third-order valence-corrected chi connectivity index (χ3v) is 5.89. The Morgan fingerprint density at radius 3 is 2.62 bits per heavy atom. The molecule has 26 heavy (non-hydrogen) atoms. The third kappa shape index (κ3) is 3.74. The van der Waals surface area contributed by atoms with E-state index in [-0.39, 0.29) is 5.91 Å². The lowest BCUT2D eigenvalue weighted by atomic mass is 10.1. The normalized spacial score (nSPS) is 14.7. The van der Waals surface area contributed by atoms with Crippen molar-refractivity contribution in [3.63, 3.8) is 0 Å². The Hall–Kier alpha value is -2.37. The van der Waals surface area contributed by atoms with E-state index in [1.165, 1.54) is 27.8 Å². The maximum absolute atomic E-state index is 12.1. The van der Waals surface area contributed by atoms with Crippen molar-refractivity contribution in [1.82, 2.24) is 4.90 Å². The molecule has 1 aliphatic heterocycles. The summed E-state index contributed by atoms with van der Waals surface area (Å²) in [5, 5.41) is 4.21. The van der Waals surface area contributed by atoms with E-state index in [4.69, 9.17) is 4.74 Å². The van der Waals surface area contributed by atoms with Crippen LogP contribution >= 0.6 is 11.3 Å². The Morgan fingerprint density at radius 2 is 1.88 bits per heavy atom. The van der Waals surface area contributed by atoms with Gasteiger partial charge in [0.05, 0.1) is 13.7 Å². The third-order valence-electron chi connectivity index (χ3n) is 4.75. The fourth-order valence-electron chi connectivity index (χ4n) is 3.34. The fourth-order valence-corrected chi connectivity index (χ4v) is 4.44. The molecule has 4 nitrogen and oxygen atoms in total. The van der Waals surface area contributed by atoms with Gasteiger partial charge in [-0.05, 0) is 73.3 Å². The van der Waals surface area contributed by atoms with Gasteiger partial charge in [0.2, 0.25) is 5.91 Å². The topological polar surface area (TPSA) is 41.6 Å². The molecule has 1 aliphatic rings. The van der Waals surface area contributed by atoms with Gasteiger partial charge in [-0.15, -0.1) is 11.3 Å². The van der Waals surface area contributed by atoms with Gasteiger partial charge in [-0.1, -0.05) is 12.1 Å². The smallest absolute Gasteiger partial charge is 0.238 e. The molecule has 1 N–H and O–H groups in total. The molecule has 0 unspecified atom stereocenters. The first-order valence-corrected chi connectivity index (χ1v) is 9.73. The molecule has 4 rings (SSSR count). The van der Waals surface area contributed by atoms with Crippen LogP contribution in [0.3, 0.4) is 0 Å². The summed E-state index contributed by atoms with van der Waals surface area (Å²) < 4.78 is 6.51. The van der Waals surface area contributed by atoms with Gasteiger partial charge in [0, 0.05) is 15.3 Å². The van der Waals surface area contributed by atoms with E-state index in [1.54, 1.807) is 18.4 Å². The summed E-state index contributed by atoms with van der Waals surface area (Å²) in [5.74, 6) is 0.940. The molecule has 1 aromatic heterocycles. The molecule has 1 amide bonds. The second-order valence-electron chi connectivity index (χ2n) is 6.62. The van der Waals surface area contributed by atoms with Crippen molar-refractivity contribution in [2.45, 2.75) is 12.8 Å². The number of nitrogens with zero attached hydrogens (tertiary/aromatic N) is 1. The van der Waals surface area contributed by atoms with Crippen LogP contribution in [0.5, 0.6) is 5.75 Å². The summed E-state index contributed by atoms with van der Waals surface area (Å²) in [6.07, 6.45) is 2.39. The van der Waals surface area contributed by atoms with Crippen LogP contribution < -0.4 is 10.1 Å². The molecule has 0 radical (unpaired) electrons. The number of rotatable bonds is 5. The van der Waals surface area contributed by atoms with Crippen molar-refractivity contribution in [3.05, 3.63) is 48.5 Å². The lowest BCUT2D eigenvalue weighted by molar-refractivity contribution is -0.117. The highest BCUT2D eigenvalue weighted by atomic mass is 32.1. The highest BCUT2D eigenvalue weighted by Gasteiger charge is 2.15. The van der Waals surface area contributed by atoms with E-state index in [0.29, 0.717) is 6.54 Å². The number of nitrogens with one attached hydrogen (secondary N) is 1. The largest absolute Gasteiger partial charge is 0.497 e. The highest BCUT2D eigenvalue weighted by molar-refractivity contribution is 7.22. The second-order valence-corrected chi connectivity index (χ2v) is 7.71. The number of fused-ring (bicyclic) bond motifs is 1. The van der Waals surface area contributed by atoms with Gasteiger partial charge in [0.25, 0.3) is 0 Å². The van der Waals surface area contributed by atoms with Crippen LogP contribution in [-0.2, 0) is 4.79 Å². The number of likely N-dealkylation sites (tertiary alicyclic amines) is 1. The molecule has 2 aromatic carbocycles. The summed E-state index contributed by atoms with van der Waals surface area (Å²) in [6, 6.07) is 16.4. The quantitative estimate of drug-likeness (QED) is 0.717. The molecule has 3 aromatic rings. The Labute approximate surface area is 157 Å². The van der Waals surface area contributed by atoms with Crippen molar-refractivity contribution in [3.8, 4) is 16.2 Å². The van der Waals surface area contributed by atoms with Gasteiger partial charge in [0.1, 0.15) is 5.75 Å². The molecule has 134 valence electrons. The average molecular weight is 366 g/mol. The van der Waals surface area contributed by atoms with Gasteiger partial charge in [0.15, 0.2) is 0 Å². The summed E-state index contributed by atoms with van der Waals surface area (Å²) in [4.78, 5) is 15.6. The highest BCUT2D eigenvalue weighted by Crippen LogP contribution is 2.35. The Kier molecular flexibility index (Phi) is 4.91. The van der Waals surface area contributed by atoms with Crippen LogP contribution in [0.15, 0.2) is 48.5 Å². The summed E-state index contributed by atoms with van der Waals surface area (Å²) in [5.41, 5.74) is 2.00. The molecule has 5 heteroatoms. The van der Waals surface area contributed by atoms with Crippen molar-refractivity contribution in [1.29, 1.82) is 0 Å². The monoisotopic (exact) mass is 366 g/mol. The van der Waals surface area contributed by atoms with Crippen molar-refractivity contribution >= 4 is 33.0 Å². The van der Waals surface area contributed by atoms with Crippen LogP contribution in [0.1, 0.15) is 12.8 Å². The van der Waals surface area contributed by atoms with Crippen LogP contribution in [0.4, 0.5) is 5.69 Å². The van der Waals surface area contributed by atoms with Gasteiger partial charge >= 0.3 is 0 Å². The number of carbonyl (C=O) groups excluding carboxylic acids is 1. The molecule has 0 aliphatic carbocycles. The maximum Gasteiger partial charge on any atom is 0.238 e. The summed E-state index contributed by atoms with van der Waals surface area (Å²) in [7, 11) is 1.69. The van der Waals surface area contributed by atoms with Gasteiger partial charge < -0.3 is 10.1 Å². The Bertz CT molecular complexity index is 911. The molecular formula is C21H22N2O2S. The number of hydrogen-bond acceptors (Lipinski definition) is 4. The van der Waals surface area contributed by atoms with E-state index < -0.39 is 0 Å². The first kappa shape index (κ1) is 17.1. The van der Waals surface area contributed by atoms with Crippen molar-refractivity contribution in [2.24, 2.45) is 0 Å². The molecular weight excluding hydrogens is 344 g/mol. The average Bonchev–Trinajstić information content (AvgIpc) is 3.30. The zero-order valence-corrected chi connectivity index (χ0v) is 15.6. The number of methoxy groups -OCH3 is 1. The first-order chi connectivity index (χ1) is 12.7. The lowest BCUT2D eigenvalue weighted by Crippen LogP contribution is -2.30. The summed E-state index contributed by atoms with van der Waals surface area (Å²) >= 11 is 1.75. The van der Waals surface area contributed by atoms with Gasteiger partial charge in [-0.25, -0.2) is 0 Å². The Morgan fingerprint density at radius 1 is 1.12 bits per heavy atom. The maximum atomic E-state index is 12.1. The number of amides is 1. The zero-order chi connectivity index (χ0) is 17.9. The number of benzene rings is 2. The SMILES string of the molecule is COc1ccc2cc(-c3ccc(NC(=O)CN4CCCC4)cc3)sc2c1. The molecule has 0 spiro atoms. The first-order valence-electron chi connectivity index (χ1n) is 8.91. The van der Waals surface area contributed by atoms with Crippen molar-refractivity contribution < 1.29 is 9.53 Å². The van der Waals surface area contributed by atoms with Gasteiger partial charge in [-0.3, -0.25) is 9.69 Å². The molecule has 0 bridgehead atoms. The molecule has 1 saturated heterocycles. The standard InChI is InChI=1S/C21H22N2O2S/c1-25-18-9-6-16-12-19(26-20(16)13-18)15-4-7-17(8-5-15)22-21(24)14-23-10-2-3-11-23/h4-9,12-13H,2-3,10-11,14H2,1H3,(H,22,24). The van der Waals surface area contributed by atoms with Crippen LogP contribution in [0.2, 0.25) is 0 Å². The fraction of sp³-hybridized carbons (Fsp3) is 0.286. The minimum atomic E-state index is 0.0635. The molecule has 0 saturated carbocycles.